The third-order valence-corrected chi connectivity index (χ3v) is 5.75. The number of aliphatic hydroxyl groups is 1. The van der Waals surface area contributed by atoms with E-state index in [-0.39, 0.29) is 25.2 Å². The molecule has 1 amide bonds. The number of ether oxygens (including phenoxy) is 1. The van der Waals surface area contributed by atoms with Crippen molar-refractivity contribution in [2.24, 2.45) is 0 Å². The van der Waals surface area contributed by atoms with Crippen molar-refractivity contribution in [3.8, 4) is 0 Å². The molecule has 1 unspecified atom stereocenters. The van der Waals surface area contributed by atoms with Gasteiger partial charge in [-0.05, 0) is 39.2 Å². The first-order valence-electron chi connectivity index (χ1n) is 9.88. The highest BCUT2D eigenvalue weighted by Gasteiger charge is 2.47. The number of nitrogen functional groups attached to an aromatic ring is 1. The molecule has 3 heterocycles. The summed E-state index contributed by atoms with van der Waals surface area (Å²) in [5.41, 5.74) is 12.4. The fourth-order valence-corrected chi connectivity index (χ4v) is 3.93. The standard InChI is InChI=1S/C19H32N6O3/c1-5-28-11-19(10-26)22-16-17(12(2)13(3)21-18(16)20)25(19)23-15-6-8-24(9-7-15)14(4)27/h15,22-23,26H,5-11H2,1-4H3,(H2,20,21). The van der Waals surface area contributed by atoms with Crippen LogP contribution in [0.5, 0.6) is 0 Å². The van der Waals surface area contributed by atoms with E-state index in [0.717, 1.165) is 42.9 Å². The highest BCUT2D eigenvalue weighted by atomic mass is 16.5. The van der Waals surface area contributed by atoms with Gasteiger partial charge >= 0.3 is 0 Å². The number of carbonyl (C=O) groups is 1. The lowest BCUT2D eigenvalue weighted by Crippen LogP contribution is -2.65. The summed E-state index contributed by atoms with van der Waals surface area (Å²) in [5, 5.41) is 15.7. The Hall–Kier alpha value is -2.10. The summed E-state index contributed by atoms with van der Waals surface area (Å²) in [4.78, 5) is 17.9. The van der Waals surface area contributed by atoms with Gasteiger partial charge in [-0.3, -0.25) is 9.80 Å². The molecule has 1 fully saturated rings. The molecule has 0 saturated carbocycles. The molecule has 5 N–H and O–H groups in total. The smallest absolute Gasteiger partial charge is 0.219 e. The van der Waals surface area contributed by atoms with E-state index in [0.29, 0.717) is 18.1 Å². The summed E-state index contributed by atoms with van der Waals surface area (Å²) in [6.07, 6.45) is 1.67. The first-order valence-corrected chi connectivity index (χ1v) is 9.88. The molecule has 1 aromatic rings. The summed E-state index contributed by atoms with van der Waals surface area (Å²) < 4.78 is 5.70. The number of hydrogen-bond acceptors (Lipinski definition) is 8. The van der Waals surface area contributed by atoms with Crippen molar-refractivity contribution in [2.75, 3.05) is 49.0 Å². The molecule has 3 rings (SSSR count). The average molecular weight is 393 g/mol. The molecule has 1 saturated heterocycles. The second kappa shape index (κ2) is 8.10. The SMILES string of the molecule is CCOCC1(CO)Nc2c(N)nc(C)c(C)c2N1NC1CCN(C(C)=O)CC1. The third kappa shape index (κ3) is 3.61. The van der Waals surface area contributed by atoms with Gasteiger partial charge in [0.05, 0.1) is 18.9 Å². The van der Waals surface area contributed by atoms with Crippen LogP contribution in [0.25, 0.3) is 0 Å². The number of aromatic nitrogens is 1. The molecule has 0 aliphatic carbocycles. The van der Waals surface area contributed by atoms with Crippen molar-refractivity contribution >= 4 is 23.1 Å². The number of hydrogen-bond donors (Lipinski definition) is 4. The monoisotopic (exact) mass is 392 g/mol. The number of fused-ring (bicyclic) bond motifs is 1. The Balaban J connectivity index is 1.92. The highest BCUT2D eigenvalue weighted by molar-refractivity contribution is 5.88. The predicted octanol–water partition coefficient (Wildman–Crippen LogP) is 0.753. The maximum Gasteiger partial charge on any atom is 0.219 e. The topological polar surface area (TPSA) is 116 Å². The van der Waals surface area contributed by atoms with E-state index >= 15 is 0 Å². The molecule has 28 heavy (non-hydrogen) atoms. The van der Waals surface area contributed by atoms with Crippen LogP contribution >= 0.6 is 0 Å². The quantitative estimate of drug-likeness (QED) is 0.561. The van der Waals surface area contributed by atoms with Crippen molar-refractivity contribution in [3.05, 3.63) is 11.3 Å². The number of aliphatic hydroxyl groups excluding tert-OH is 1. The Bertz CT molecular complexity index is 735. The van der Waals surface area contributed by atoms with Gasteiger partial charge in [-0.1, -0.05) is 0 Å². The molecular formula is C19H32N6O3. The lowest BCUT2D eigenvalue weighted by atomic mass is 10.1. The van der Waals surface area contributed by atoms with E-state index in [2.05, 4.69) is 15.7 Å². The van der Waals surface area contributed by atoms with Crippen LogP contribution in [0, 0.1) is 13.8 Å². The van der Waals surface area contributed by atoms with Crippen LogP contribution < -0.4 is 21.5 Å². The van der Waals surface area contributed by atoms with Crippen molar-refractivity contribution in [2.45, 2.75) is 52.2 Å². The normalized spacial score (nSPS) is 22.3. The van der Waals surface area contributed by atoms with Gasteiger partial charge in [-0.25, -0.2) is 10.4 Å². The lowest BCUT2D eigenvalue weighted by molar-refractivity contribution is -0.129. The number of amides is 1. The first-order chi connectivity index (χ1) is 13.3. The van der Waals surface area contributed by atoms with Gasteiger partial charge in [-0.2, -0.15) is 0 Å². The number of aryl methyl sites for hydroxylation is 1. The van der Waals surface area contributed by atoms with E-state index in [1.54, 1.807) is 6.92 Å². The number of likely N-dealkylation sites (tertiary alicyclic amines) is 1. The van der Waals surface area contributed by atoms with E-state index in [1.807, 2.05) is 30.7 Å². The van der Waals surface area contributed by atoms with Crippen molar-refractivity contribution in [1.82, 2.24) is 15.3 Å². The minimum Gasteiger partial charge on any atom is -0.392 e. The molecule has 1 atom stereocenters. The Morgan fingerprint density at radius 2 is 2.11 bits per heavy atom. The second-order valence-electron chi connectivity index (χ2n) is 7.63. The van der Waals surface area contributed by atoms with Gasteiger partial charge in [0.25, 0.3) is 0 Å². The first kappa shape index (κ1) is 20.6. The highest BCUT2D eigenvalue weighted by Crippen LogP contribution is 2.45. The van der Waals surface area contributed by atoms with Gasteiger partial charge in [0, 0.05) is 38.4 Å². The molecule has 2 aliphatic rings. The molecule has 9 heteroatoms. The van der Waals surface area contributed by atoms with Crippen molar-refractivity contribution in [1.29, 1.82) is 0 Å². The Labute approximate surface area is 166 Å². The van der Waals surface area contributed by atoms with E-state index in [9.17, 15) is 9.90 Å². The van der Waals surface area contributed by atoms with Crippen LogP contribution in [-0.4, -0.2) is 65.5 Å². The number of carbonyl (C=O) groups excluding carboxylic acids is 1. The summed E-state index contributed by atoms with van der Waals surface area (Å²) in [6.45, 7) is 9.55. The van der Waals surface area contributed by atoms with Crippen molar-refractivity contribution < 1.29 is 14.6 Å². The van der Waals surface area contributed by atoms with Crippen LogP contribution in [0.1, 0.15) is 37.9 Å². The summed E-state index contributed by atoms with van der Waals surface area (Å²) in [7, 11) is 0. The average Bonchev–Trinajstić information content (AvgIpc) is 3.00. The zero-order valence-electron chi connectivity index (χ0n) is 17.2. The number of rotatable bonds is 6. The number of hydrazine groups is 1. The van der Waals surface area contributed by atoms with Crippen LogP contribution in [0.2, 0.25) is 0 Å². The van der Waals surface area contributed by atoms with Crippen LogP contribution in [0.4, 0.5) is 17.2 Å². The van der Waals surface area contributed by atoms with Crippen molar-refractivity contribution in [3.63, 3.8) is 0 Å². The minimum absolute atomic E-state index is 0.109. The molecule has 0 aromatic carbocycles. The summed E-state index contributed by atoms with van der Waals surface area (Å²) >= 11 is 0. The maximum atomic E-state index is 11.6. The second-order valence-corrected chi connectivity index (χ2v) is 7.63. The fourth-order valence-electron chi connectivity index (χ4n) is 3.93. The van der Waals surface area contributed by atoms with Crippen LogP contribution in [0.15, 0.2) is 0 Å². The van der Waals surface area contributed by atoms with Gasteiger partial charge in [0.2, 0.25) is 5.91 Å². The number of nitrogens with one attached hydrogen (secondary N) is 2. The number of pyridine rings is 1. The Morgan fingerprint density at radius 3 is 2.68 bits per heavy atom. The van der Waals surface area contributed by atoms with E-state index in [1.165, 1.54) is 0 Å². The number of anilines is 3. The molecule has 0 spiro atoms. The van der Waals surface area contributed by atoms with Gasteiger partial charge in [-0.15, -0.1) is 0 Å². The van der Waals surface area contributed by atoms with Gasteiger partial charge in [0.1, 0.15) is 11.5 Å². The lowest BCUT2D eigenvalue weighted by Gasteiger charge is -2.42. The van der Waals surface area contributed by atoms with E-state index < -0.39 is 5.66 Å². The number of nitrogens with zero attached hydrogens (tertiary/aromatic N) is 3. The van der Waals surface area contributed by atoms with Crippen LogP contribution in [0.3, 0.4) is 0 Å². The Morgan fingerprint density at radius 1 is 1.43 bits per heavy atom. The zero-order chi connectivity index (χ0) is 20.5. The largest absolute Gasteiger partial charge is 0.392 e. The number of piperidine rings is 1. The van der Waals surface area contributed by atoms with Gasteiger partial charge < -0.3 is 25.8 Å². The number of nitrogens with two attached hydrogens (primary N) is 1. The molecular weight excluding hydrogens is 360 g/mol. The molecule has 2 aliphatic heterocycles. The molecule has 0 bridgehead atoms. The predicted molar refractivity (Wildman–Crippen MR) is 109 cm³/mol. The van der Waals surface area contributed by atoms with Gasteiger partial charge in [0.15, 0.2) is 5.66 Å². The molecule has 1 aromatic heterocycles. The van der Waals surface area contributed by atoms with E-state index in [4.69, 9.17) is 10.5 Å². The minimum atomic E-state index is -0.871. The maximum absolute atomic E-state index is 11.6. The fraction of sp³-hybridized carbons (Fsp3) is 0.684. The van der Waals surface area contributed by atoms with Crippen LogP contribution in [-0.2, 0) is 9.53 Å². The molecule has 156 valence electrons. The Kier molecular flexibility index (Phi) is 5.97. The molecule has 9 nitrogen and oxygen atoms in total. The third-order valence-electron chi connectivity index (χ3n) is 5.75. The zero-order valence-corrected chi connectivity index (χ0v) is 17.2. The summed E-state index contributed by atoms with van der Waals surface area (Å²) in [5.74, 6) is 0.515. The molecule has 0 radical (unpaired) electrons. The summed E-state index contributed by atoms with van der Waals surface area (Å²) in [6, 6.07) is 0.171.